The minimum absolute atomic E-state index is 0.0532. The molecule has 8 heteroatoms. The average molecular weight is 298 g/mol. The Labute approximate surface area is 124 Å². The van der Waals surface area contributed by atoms with Gasteiger partial charge < -0.3 is 14.6 Å². The second-order valence-corrected chi connectivity index (χ2v) is 5.77. The number of rotatable bonds is 2. The van der Waals surface area contributed by atoms with E-state index >= 15 is 0 Å². The van der Waals surface area contributed by atoms with Gasteiger partial charge in [0, 0.05) is 6.04 Å². The van der Waals surface area contributed by atoms with Crippen LogP contribution < -0.4 is 5.32 Å². The van der Waals surface area contributed by atoms with E-state index in [1.54, 1.807) is 11.9 Å². The molecular formula is C12H19BN2O4S. The molecule has 1 aliphatic carbocycles. The quantitative estimate of drug-likeness (QED) is 0.580. The summed E-state index contributed by atoms with van der Waals surface area (Å²) in [4.78, 5) is 25.1. The Kier molecular flexibility index (Phi) is 5.36. The summed E-state index contributed by atoms with van der Waals surface area (Å²) in [6, 6.07) is 0.279. The van der Waals surface area contributed by atoms with E-state index in [9.17, 15) is 9.59 Å². The molecule has 1 heterocycles. The van der Waals surface area contributed by atoms with Crippen LogP contribution in [0.2, 0.25) is 0 Å². The number of carbonyl (C=O) groups is 2. The predicted octanol–water partition coefficient (Wildman–Crippen LogP) is 0.295. The molecule has 0 atom stereocenters. The summed E-state index contributed by atoms with van der Waals surface area (Å²) >= 11 is 5.22. The number of hydrogen-bond acceptors (Lipinski definition) is 6. The summed E-state index contributed by atoms with van der Waals surface area (Å²) in [5.74, 6) is -0.893. The lowest BCUT2D eigenvalue weighted by atomic mass is 9.87. The highest BCUT2D eigenvalue weighted by atomic mass is 32.1. The van der Waals surface area contributed by atoms with E-state index < -0.39 is 19.1 Å². The number of nitrogens with zero attached hydrogens (tertiary/aromatic N) is 1. The van der Waals surface area contributed by atoms with E-state index in [0.717, 1.165) is 25.7 Å². The Bertz CT molecular complexity index is 381. The molecule has 0 bridgehead atoms. The lowest BCUT2D eigenvalue weighted by molar-refractivity contribution is -0.145. The molecule has 110 valence electrons. The highest BCUT2D eigenvalue weighted by Gasteiger charge is 2.37. The molecule has 20 heavy (non-hydrogen) atoms. The van der Waals surface area contributed by atoms with Crippen LogP contribution in [0.15, 0.2) is 0 Å². The molecule has 0 unspecified atom stereocenters. The topological polar surface area (TPSA) is 67.9 Å². The first-order valence-electron chi connectivity index (χ1n) is 6.92. The van der Waals surface area contributed by atoms with E-state index in [2.05, 4.69) is 5.32 Å². The molecule has 0 aromatic rings. The van der Waals surface area contributed by atoms with Crippen molar-refractivity contribution in [3.8, 4) is 0 Å². The fourth-order valence-corrected chi connectivity index (χ4v) is 2.72. The van der Waals surface area contributed by atoms with Gasteiger partial charge in [-0.15, -0.1) is 0 Å². The molecular weight excluding hydrogens is 279 g/mol. The van der Waals surface area contributed by atoms with Gasteiger partial charge in [-0.25, -0.2) is 0 Å². The van der Waals surface area contributed by atoms with Crippen LogP contribution in [0.5, 0.6) is 0 Å². The molecule has 1 saturated heterocycles. The van der Waals surface area contributed by atoms with Gasteiger partial charge in [0.15, 0.2) is 0 Å². The Morgan fingerprint density at radius 2 is 1.75 bits per heavy atom. The Morgan fingerprint density at radius 3 is 2.30 bits per heavy atom. The third-order valence-electron chi connectivity index (χ3n) is 3.44. The zero-order valence-corrected chi connectivity index (χ0v) is 12.4. The smallest absolute Gasteiger partial charge is 0.493 e. The van der Waals surface area contributed by atoms with Crippen molar-refractivity contribution in [3.05, 3.63) is 0 Å². The summed E-state index contributed by atoms with van der Waals surface area (Å²) in [6.07, 6.45) is 5.64. The largest absolute Gasteiger partial charge is 0.665 e. The molecule has 2 fully saturated rings. The summed E-state index contributed by atoms with van der Waals surface area (Å²) in [7, 11) is 0.558. The second-order valence-electron chi connectivity index (χ2n) is 5.33. The molecule has 1 N–H and O–H groups in total. The molecule has 2 aliphatic rings. The number of thiocarbonyl (C=S) groups is 1. The third kappa shape index (κ3) is 4.45. The van der Waals surface area contributed by atoms with E-state index in [0.29, 0.717) is 0 Å². The maximum Gasteiger partial charge on any atom is 0.665 e. The second kappa shape index (κ2) is 7.03. The van der Waals surface area contributed by atoms with Crippen LogP contribution in [0.4, 0.5) is 0 Å². The van der Waals surface area contributed by atoms with Crippen molar-refractivity contribution in [3.63, 3.8) is 0 Å². The molecule has 0 aromatic heterocycles. The highest BCUT2D eigenvalue weighted by Crippen LogP contribution is 2.17. The zero-order chi connectivity index (χ0) is 14.5. The van der Waals surface area contributed by atoms with Crippen LogP contribution in [-0.2, 0) is 18.9 Å². The first kappa shape index (κ1) is 15.2. The van der Waals surface area contributed by atoms with Crippen LogP contribution in [0.25, 0.3) is 0 Å². The normalized spacial score (nSPS) is 22.6. The fraction of sp³-hybridized carbons (Fsp3) is 0.750. The number of carbonyl (C=O) groups excluding carboxylic acids is 2. The van der Waals surface area contributed by atoms with Gasteiger partial charge in [-0.2, -0.15) is 0 Å². The fourth-order valence-electron chi connectivity index (χ4n) is 2.46. The van der Waals surface area contributed by atoms with Crippen LogP contribution in [0.3, 0.4) is 0 Å². The van der Waals surface area contributed by atoms with Crippen LogP contribution in [-0.4, -0.2) is 55.0 Å². The molecule has 0 amide bonds. The van der Waals surface area contributed by atoms with Gasteiger partial charge in [-0.05, 0) is 19.9 Å². The monoisotopic (exact) mass is 298 g/mol. The van der Waals surface area contributed by atoms with Gasteiger partial charge in [-0.1, -0.05) is 31.5 Å². The Hall–Kier alpha value is -1.15. The van der Waals surface area contributed by atoms with Gasteiger partial charge in [0.05, 0.1) is 13.1 Å². The molecule has 1 aliphatic heterocycles. The van der Waals surface area contributed by atoms with Crippen molar-refractivity contribution in [2.24, 2.45) is 0 Å². The maximum absolute atomic E-state index is 11.6. The lowest BCUT2D eigenvalue weighted by Crippen LogP contribution is -2.51. The van der Waals surface area contributed by atoms with Gasteiger partial charge in [-0.3, -0.25) is 14.5 Å². The SMILES string of the molecule is CN1CC(=O)OB(C(=S)NC2CCCCC2)OC(=O)C1. The van der Waals surface area contributed by atoms with E-state index in [4.69, 9.17) is 21.5 Å². The predicted molar refractivity (Wildman–Crippen MR) is 78.0 cm³/mol. The van der Waals surface area contributed by atoms with Crippen LogP contribution in [0.1, 0.15) is 32.1 Å². The van der Waals surface area contributed by atoms with E-state index in [1.807, 2.05) is 0 Å². The summed E-state index contributed by atoms with van der Waals surface area (Å²) in [5, 5.41) is 3.15. The number of likely N-dealkylation sites (N-methyl/N-ethyl adjacent to an activating group) is 1. The zero-order valence-electron chi connectivity index (χ0n) is 11.6. The van der Waals surface area contributed by atoms with Gasteiger partial charge >= 0.3 is 19.1 Å². The lowest BCUT2D eigenvalue weighted by Gasteiger charge is -2.27. The summed E-state index contributed by atoms with van der Waals surface area (Å²) in [5.41, 5.74) is 0. The van der Waals surface area contributed by atoms with E-state index in [-0.39, 0.29) is 24.0 Å². The molecule has 6 nitrogen and oxygen atoms in total. The molecule has 2 rings (SSSR count). The van der Waals surface area contributed by atoms with Crippen molar-refractivity contribution in [1.29, 1.82) is 0 Å². The molecule has 0 spiro atoms. The molecule has 0 aromatic carbocycles. The van der Waals surface area contributed by atoms with Crippen LogP contribution in [0, 0.1) is 0 Å². The van der Waals surface area contributed by atoms with Gasteiger partial charge in [0.25, 0.3) is 0 Å². The van der Waals surface area contributed by atoms with Crippen molar-refractivity contribution >= 4 is 36.2 Å². The third-order valence-corrected chi connectivity index (χ3v) is 3.75. The van der Waals surface area contributed by atoms with Crippen molar-refractivity contribution in [2.45, 2.75) is 38.1 Å². The molecule has 1 saturated carbocycles. The molecule has 0 radical (unpaired) electrons. The maximum atomic E-state index is 11.6. The van der Waals surface area contributed by atoms with Crippen LogP contribution >= 0.6 is 12.2 Å². The van der Waals surface area contributed by atoms with Crippen molar-refractivity contribution in [2.75, 3.05) is 20.1 Å². The first-order chi connectivity index (χ1) is 9.54. The first-order valence-corrected chi connectivity index (χ1v) is 7.33. The summed E-state index contributed by atoms with van der Waals surface area (Å²) < 4.78 is 10.2. The van der Waals surface area contributed by atoms with Crippen molar-refractivity contribution < 1.29 is 18.9 Å². The summed E-state index contributed by atoms with van der Waals surface area (Å²) in [6.45, 7) is 0.106. The Morgan fingerprint density at radius 1 is 1.20 bits per heavy atom. The van der Waals surface area contributed by atoms with Gasteiger partial charge in [0.1, 0.15) is 4.89 Å². The Balaban J connectivity index is 1.92. The number of nitrogens with one attached hydrogen (secondary N) is 1. The standard InChI is InChI=1S/C12H19BN2O4S/c1-15-7-10(16)18-13(19-11(17)8-15)12(20)14-9-5-3-2-4-6-9/h9H,2-8H2,1H3,(H,14,20). The minimum Gasteiger partial charge on any atom is -0.493 e. The van der Waals surface area contributed by atoms with E-state index in [1.165, 1.54) is 6.42 Å². The van der Waals surface area contributed by atoms with Crippen molar-refractivity contribution in [1.82, 2.24) is 10.2 Å². The minimum atomic E-state index is -1.10. The van der Waals surface area contributed by atoms with Gasteiger partial charge in [0.2, 0.25) is 0 Å². The number of hydrogen-bond donors (Lipinski definition) is 1. The highest BCUT2D eigenvalue weighted by molar-refractivity contribution is 7.83. The average Bonchev–Trinajstić information content (AvgIpc) is 2.37.